The number of aryl methyl sites for hydroxylation is 1. The van der Waals surface area contributed by atoms with Gasteiger partial charge in [-0.15, -0.1) is 0 Å². The summed E-state index contributed by atoms with van der Waals surface area (Å²) < 4.78 is 1.66. The van der Waals surface area contributed by atoms with Gasteiger partial charge in [0, 0.05) is 0 Å². The fraction of sp³-hybridized carbons (Fsp3) is 0.375. The third-order valence-electron chi connectivity index (χ3n) is 4.34. The van der Waals surface area contributed by atoms with Crippen molar-refractivity contribution in [3.8, 4) is 0 Å². The first kappa shape index (κ1) is 10.2. The summed E-state index contributed by atoms with van der Waals surface area (Å²) >= 11 is 0.671. The van der Waals surface area contributed by atoms with Crippen molar-refractivity contribution in [3.05, 3.63) is 53.6 Å². The Morgan fingerprint density at radius 2 is 2.12 bits per heavy atom. The van der Waals surface area contributed by atoms with Gasteiger partial charge in [0.1, 0.15) is 0 Å². The molecule has 0 saturated heterocycles. The maximum absolute atomic E-state index is 2.51. The second-order valence-corrected chi connectivity index (χ2v) is 8.00. The Bertz CT molecular complexity index is 526. The van der Waals surface area contributed by atoms with E-state index in [9.17, 15) is 0 Å². The molecule has 86 valence electrons. The molecule has 17 heavy (non-hydrogen) atoms. The van der Waals surface area contributed by atoms with E-state index in [0.29, 0.717) is 20.9 Å². The number of benzene rings is 1. The van der Waals surface area contributed by atoms with E-state index in [0.717, 1.165) is 16.7 Å². The summed E-state index contributed by atoms with van der Waals surface area (Å²) in [5.74, 6) is 2.29. The van der Waals surface area contributed by atoms with Crippen LogP contribution in [0.25, 0.3) is 0 Å². The van der Waals surface area contributed by atoms with Crippen LogP contribution in [0.4, 0.5) is 0 Å². The molecular weight excluding hydrogens is 271 g/mol. The van der Waals surface area contributed by atoms with Crippen LogP contribution in [0.2, 0.25) is 4.82 Å². The third kappa shape index (κ3) is 1.42. The molecule has 1 heterocycles. The molecule has 0 fully saturated rings. The monoisotopic (exact) mass is 288 g/mol. The van der Waals surface area contributed by atoms with Gasteiger partial charge in [0.05, 0.1) is 0 Å². The molecule has 0 amide bonds. The number of rotatable bonds is 0. The third-order valence-corrected chi connectivity index (χ3v) is 7.61. The SMILES string of the molecule is Cc1ccc2c(c1)C1C=CCC3C=CC1C3[Se]2. The Balaban J connectivity index is 1.91. The molecule has 0 radical (unpaired) electrons. The molecule has 1 aromatic carbocycles. The average Bonchev–Trinajstić information content (AvgIpc) is 2.63. The van der Waals surface area contributed by atoms with Gasteiger partial charge in [-0.1, -0.05) is 0 Å². The Hall–Kier alpha value is -0.781. The van der Waals surface area contributed by atoms with Crippen molar-refractivity contribution in [1.29, 1.82) is 0 Å². The summed E-state index contributed by atoms with van der Waals surface area (Å²) in [7, 11) is 0. The van der Waals surface area contributed by atoms with Gasteiger partial charge in [-0.05, 0) is 0 Å². The zero-order chi connectivity index (χ0) is 11.4. The Kier molecular flexibility index (Phi) is 2.16. The van der Waals surface area contributed by atoms with Crippen LogP contribution in [-0.4, -0.2) is 15.0 Å². The van der Waals surface area contributed by atoms with Crippen molar-refractivity contribution in [1.82, 2.24) is 0 Å². The van der Waals surface area contributed by atoms with Crippen LogP contribution in [0.1, 0.15) is 23.5 Å². The van der Waals surface area contributed by atoms with Crippen LogP contribution < -0.4 is 4.46 Å². The standard InChI is InChI=1S/C16H16Se/c1-10-5-8-15-14(9-10)12-4-2-3-11-6-7-13(12)16(11)17-15/h2,4-9,11-13,16H,3H2,1H3. The van der Waals surface area contributed by atoms with E-state index in [-0.39, 0.29) is 0 Å². The van der Waals surface area contributed by atoms with E-state index >= 15 is 0 Å². The van der Waals surface area contributed by atoms with Crippen molar-refractivity contribution in [2.24, 2.45) is 11.8 Å². The van der Waals surface area contributed by atoms with Crippen molar-refractivity contribution < 1.29 is 0 Å². The van der Waals surface area contributed by atoms with Gasteiger partial charge in [-0.3, -0.25) is 0 Å². The second-order valence-electron chi connectivity index (χ2n) is 5.44. The second kappa shape index (κ2) is 3.60. The van der Waals surface area contributed by atoms with Crippen molar-refractivity contribution in [2.45, 2.75) is 24.1 Å². The Labute approximate surface area is 109 Å². The minimum atomic E-state index is 0.661. The summed E-state index contributed by atoms with van der Waals surface area (Å²) in [4.78, 5) is 0.928. The van der Waals surface area contributed by atoms with Crippen LogP contribution in [0.5, 0.6) is 0 Å². The van der Waals surface area contributed by atoms with Crippen LogP contribution in [-0.2, 0) is 0 Å². The number of allylic oxidation sites excluding steroid dienone is 4. The molecule has 1 heteroatoms. The normalized spacial score (nSPS) is 36.8. The average molecular weight is 287 g/mol. The maximum atomic E-state index is 2.51. The summed E-state index contributed by atoms with van der Waals surface area (Å²) in [5, 5.41) is 0. The minimum absolute atomic E-state index is 0.661. The molecule has 4 rings (SSSR count). The van der Waals surface area contributed by atoms with Crippen LogP contribution in [0, 0.1) is 18.8 Å². The number of hydrogen-bond acceptors (Lipinski definition) is 0. The van der Waals surface area contributed by atoms with Gasteiger partial charge >= 0.3 is 109 Å². The molecule has 0 nitrogen and oxygen atoms in total. The molecule has 1 aromatic rings. The summed E-state index contributed by atoms with van der Waals surface area (Å²) in [6, 6.07) is 7.11. The zero-order valence-electron chi connectivity index (χ0n) is 9.97. The molecule has 0 aromatic heterocycles. The van der Waals surface area contributed by atoms with Crippen molar-refractivity contribution in [2.75, 3.05) is 0 Å². The zero-order valence-corrected chi connectivity index (χ0v) is 11.7. The summed E-state index contributed by atoms with van der Waals surface area (Å²) in [6.45, 7) is 2.22. The molecule has 0 saturated carbocycles. The summed E-state index contributed by atoms with van der Waals surface area (Å²) in [5.41, 5.74) is 3.03. The van der Waals surface area contributed by atoms with E-state index in [1.807, 2.05) is 0 Å². The van der Waals surface area contributed by atoms with Gasteiger partial charge < -0.3 is 0 Å². The van der Waals surface area contributed by atoms with E-state index in [4.69, 9.17) is 0 Å². The fourth-order valence-corrected chi connectivity index (χ4v) is 6.76. The van der Waals surface area contributed by atoms with E-state index in [2.05, 4.69) is 49.4 Å². The Morgan fingerprint density at radius 3 is 3.06 bits per heavy atom. The van der Waals surface area contributed by atoms with Crippen molar-refractivity contribution >= 4 is 19.4 Å². The molecule has 4 unspecified atom stereocenters. The van der Waals surface area contributed by atoms with Gasteiger partial charge in [0.25, 0.3) is 0 Å². The van der Waals surface area contributed by atoms with Crippen molar-refractivity contribution in [3.63, 3.8) is 0 Å². The predicted molar refractivity (Wildman–Crippen MR) is 72.9 cm³/mol. The topological polar surface area (TPSA) is 0 Å². The predicted octanol–water partition coefficient (Wildman–Crippen LogP) is 2.97. The van der Waals surface area contributed by atoms with Gasteiger partial charge in [-0.25, -0.2) is 0 Å². The van der Waals surface area contributed by atoms with Crippen LogP contribution in [0.15, 0.2) is 42.5 Å². The molecule has 1 aliphatic heterocycles. The molecule has 2 aliphatic carbocycles. The van der Waals surface area contributed by atoms with Gasteiger partial charge in [0.2, 0.25) is 0 Å². The fourth-order valence-electron chi connectivity index (χ4n) is 3.48. The molecular formula is C16H16Se. The number of hydrogen-bond donors (Lipinski definition) is 0. The number of fused-ring (bicyclic) bond motifs is 2. The first-order valence-corrected chi connectivity index (χ1v) is 8.30. The van der Waals surface area contributed by atoms with Gasteiger partial charge in [-0.2, -0.15) is 0 Å². The van der Waals surface area contributed by atoms with E-state index in [1.54, 1.807) is 10.0 Å². The molecule has 4 atom stereocenters. The first-order chi connectivity index (χ1) is 8.33. The van der Waals surface area contributed by atoms with Crippen LogP contribution >= 0.6 is 0 Å². The van der Waals surface area contributed by atoms with Crippen LogP contribution in [0.3, 0.4) is 0 Å². The molecule has 0 N–H and O–H groups in total. The van der Waals surface area contributed by atoms with E-state index < -0.39 is 0 Å². The Morgan fingerprint density at radius 1 is 1.18 bits per heavy atom. The molecule has 4 bridgehead atoms. The summed E-state index contributed by atoms with van der Waals surface area (Å²) in [6.07, 6.45) is 11.2. The molecule has 0 spiro atoms. The first-order valence-electron chi connectivity index (χ1n) is 6.45. The van der Waals surface area contributed by atoms with E-state index in [1.165, 1.54) is 12.0 Å². The van der Waals surface area contributed by atoms with Gasteiger partial charge in [0.15, 0.2) is 0 Å². The molecule has 3 aliphatic rings. The quantitative estimate of drug-likeness (QED) is 0.508.